The Labute approximate surface area is 229 Å². The number of nitrogens with zero attached hydrogens (tertiary/aromatic N) is 5. The average Bonchev–Trinajstić information content (AvgIpc) is 3.21. The molecule has 0 radical (unpaired) electrons. The van der Waals surface area contributed by atoms with Crippen LogP contribution in [-0.2, 0) is 11.3 Å². The summed E-state index contributed by atoms with van der Waals surface area (Å²) in [6.07, 6.45) is 6.65. The van der Waals surface area contributed by atoms with E-state index in [0.717, 1.165) is 48.0 Å². The standard InChI is InChI=1S/C27H27ClN6O3S/c1-36-13-12-34-16-32-18-6-7-20(24(28)23(18)26(34)35)38-22-15-30-21(14-31-22)33-10-8-27(9-11-33)25(29)17-4-2-3-5-19(17)37-27/h2-7,14-16,25H,8-13,29H2,1H3/t25-/m1/s1. The van der Waals surface area contributed by atoms with E-state index < -0.39 is 0 Å². The monoisotopic (exact) mass is 550 g/mol. The Bertz CT molecular complexity index is 1540. The van der Waals surface area contributed by atoms with E-state index in [1.165, 1.54) is 22.7 Å². The minimum Gasteiger partial charge on any atom is -0.485 e. The number of hydrogen-bond donors (Lipinski definition) is 1. The number of fused-ring (bicyclic) bond motifs is 2. The van der Waals surface area contributed by atoms with Gasteiger partial charge in [0, 0.05) is 43.5 Å². The maximum atomic E-state index is 13.0. The van der Waals surface area contributed by atoms with E-state index in [2.05, 4.69) is 25.9 Å². The molecule has 0 aliphatic carbocycles. The summed E-state index contributed by atoms with van der Waals surface area (Å²) in [5, 5.41) is 1.43. The van der Waals surface area contributed by atoms with Gasteiger partial charge in [-0.3, -0.25) is 9.36 Å². The van der Waals surface area contributed by atoms with Gasteiger partial charge in [-0.1, -0.05) is 41.6 Å². The fourth-order valence-corrected chi connectivity index (χ4v) is 6.30. The van der Waals surface area contributed by atoms with Crippen molar-refractivity contribution in [2.75, 3.05) is 31.7 Å². The molecule has 1 spiro atoms. The van der Waals surface area contributed by atoms with Crippen LogP contribution in [-0.4, -0.2) is 51.9 Å². The summed E-state index contributed by atoms with van der Waals surface area (Å²) >= 11 is 8.04. The van der Waals surface area contributed by atoms with Crippen molar-refractivity contribution < 1.29 is 9.47 Å². The Morgan fingerprint density at radius 2 is 1.97 bits per heavy atom. The number of rotatable bonds is 6. The van der Waals surface area contributed by atoms with Gasteiger partial charge in [0.1, 0.15) is 22.2 Å². The molecule has 1 atom stereocenters. The number of hydrogen-bond acceptors (Lipinski definition) is 9. The molecule has 0 amide bonds. The third kappa shape index (κ3) is 4.41. The zero-order valence-electron chi connectivity index (χ0n) is 20.8. The highest BCUT2D eigenvalue weighted by Gasteiger charge is 2.48. The van der Waals surface area contributed by atoms with Gasteiger partial charge in [0.2, 0.25) is 0 Å². The lowest BCUT2D eigenvalue weighted by Crippen LogP contribution is -2.51. The minimum absolute atomic E-state index is 0.128. The SMILES string of the molecule is COCCn1cnc2ccc(Sc3cnc(N4CCC5(CC4)Oc4ccccc4[C@H]5N)cn3)c(Cl)c2c1=O. The molecule has 4 heterocycles. The number of methoxy groups -OCH3 is 1. The summed E-state index contributed by atoms with van der Waals surface area (Å²) < 4.78 is 12.9. The van der Waals surface area contributed by atoms with Gasteiger partial charge in [-0.15, -0.1) is 0 Å². The molecule has 0 bridgehead atoms. The lowest BCUT2D eigenvalue weighted by Gasteiger charge is -2.41. The number of anilines is 1. The first kappa shape index (κ1) is 25.1. The molecule has 1 fully saturated rings. The van der Waals surface area contributed by atoms with Gasteiger partial charge < -0.3 is 20.1 Å². The third-order valence-corrected chi connectivity index (χ3v) is 8.81. The Kier molecular flexibility index (Phi) is 6.73. The second kappa shape index (κ2) is 10.2. The fraction of sp³-hybridized carbons (Fsp3) is 0.333. The number of aromatic nitrogens is 4. The number of nitrogens with two attached hydrogens (primary N) is 1. The molecule has 11 heteroatoms. The third-order valence-electron chi connectivity index (χ3n) is 7.33. The van der Waals surface area contributed by atoms with Gasteiger partial charge in [0.15, 0.2) is 0 Å². The van der Waals surface area contributed by atoms with Crippen LogP contribution in [0, 0.1) is 0 Å². The van der Waals surface area contributed by atoms with Crippen molar-refractivity contribution in [2.45, 2.75) is 41.0 Å². The highest BCUT2D eigenvalue weighted by Crippen LogP contribution is 2.47. The molecule has 1 saturated heterocycles. The molecule has 2 aliphatic rings. The first-order valence-corrected chi connectivity index (χ1v) is 13.6. The number of ether oxygens (including phenoxy) is 2. The molecular formula is C27H27ClN6O3S. The Morgan fingerprint density at radius 3 is 2.71 bits per heavy atom. The molecule has 2 N–H and O–H groups in total. The van der Waals surface area contributed by atoms with Crippen molar-refractivity contribution in [1.82, 2.24) is 19.5 Å². The van der Waals surface area contributed by atoms with Gasteiger partial charge in [-0.05, 0) is 18.2 Å². The number of piperidine rings is 1. The molecule has 4 aromatic rings. The predicted molar refractivity (Wildman–Crippen MR) is 147 cm³/mol. The van der Waals surface area contributed by atoms with Gasteiger partial charge >= 0.3 is 0 Å². The molecule has 196 valence electrons. The van der Waals surface area contributed by atoms with Crippen molar-refractivity contribution >= 4 is 40.1 Å². The molecule has 0 unspecified atom stereocenters. The molecule has 0 saturated carbocycles. The number of halogens is 1. The minimum atomic E-state index is -0.368. The van der Waals surface area contributed by atoms with Crippen LogP contribution in [0.2, 0.25) is 5.02 Å². The van der Waals surface area contributed by atoms with Crippen LogP contribution < -0.4 is 20.9 Å². The van der Waals surface area contributed by atoms with E-state index in [-0.39, 0.29) is 17.2 Å². The van der Waals surface area contributed by atoms with Crippen molar-refractivity contribution in [3.63, 3.8) is 0 Å². The summed E-state index contributed by atoms with van der Waals surface area (Å²) in [5.41, 5.74) is 7.67. The van der Waals surface area contributed by atoms with E-state index in [1.54, 1.807) is 25.6 Å². The van der Waals surface area contributed by atoms with Crippen LogP contribution in [0.4, 0.5) is 5.82 Å². The molecule has 2 aliphatic heterocycles. The van der Waals surface area contributed by atoms with Crippen molar-refractivity contribution in [3.8, 4) is 5.75 Å². The molecule has 2 aromatic carbocycles. The predicted octanol–water partition coefficient (Wildman–Crippen LogP) is 4.07. The molecular weight excluding hydrogens is 524 g/mol. The Hall–Kier alpha value is -3.18. The van der Waals surface area contributed by atoms with E-state index >= 15 is 0 Å². The summed E-state index contributed by atoms with van der Waals surface area (Å²) in [4.78, 5) is 29.6. The van der Waals surface area contributed by atoms with E-state index in [4.69, 9.17) is 26.8 Å². The van der Waals surface area contributed by atoms with Crippen molar-refractivity contribution in [1.29, 1.82) is 0 Å². The van der Waals surface area contributed by atoms with E-state index in [9.17, 15) is 4.79 Å². The maximum absolute atomic E-state index is 13.0. The van der Waals surface area contributed by atoms with Crippen LogP contribution in [0.1, 0.15) is 24.4 Å². The first-order valence-electron chi connectivity index (χ1n) is 12.4. The summed E-state index contributed by atoms with van der Waals surface area (Å²) in [7, 11) is 1.59. The van der Waals surface area contributed by atoms with Crippen LogP contribution >= 0.6 is 23.4 Å². The van der Waals surface area contributed by atoms with Gasteiger partial charge in [-0.2, -0.15) is 0 Å². The second-order valence-electron chi connectivity index (χ2n) is 9.49. The average molecular weight is 551 g/mol. The summed E-state index contributed by atoms with van der Waals surface area (Å²) in [5.74, 6) is 1.70. The van der Waals surface area contributed by atoms with Crippen LogP contribution in [0.3, 0.4) is 0 Å². The maximum Gasteiger partial charge on any atom is 0.262 e. The van der Waals surface area contributed by atoms with Gasteiger partial charge in [0.05, 0.1) is 53.8 Å². The lowest BCUT2D eigenvalue weighted by atomic mass is 9.83. The summed E-state index contributed by atoms with van der Waals surface area (Å²) in [6, 6.07) is 11.6. The highest BCUT2D eigenvalue weighted by atomic mass is 35.5. The first-order chi connectivity index (χ1) is 18.5. The van der Waals surface area contributed by atoms with Crippen LogP contribution in [0.25, 0.3) is 10.9 Å². The quantitative estimate of drug-likeness (QED) is 0.380. The Morgan fingerprint density at radius 1 is 1.16 bits per heavy atom. The molecule has 6 rings (SSSR count). The number of para-hydroxylation sites is 1. The van der Waals surface area contributed by atoms with E-state index in [0.29, 0.717) is 34.1 Å². The fourth-order valence-electron chi connectivity index (χ4n) is 5.18. The Balaban J connectivity index is 1.15. The topological polar surface area (TPSA) is 108 Å². The van der Waals surface area contributed by atoms with Crippen molar-refractivity contribution in [3.05, 3.63) is 76.1 Å². The van der Waals surface area contributed by atoms with Crippen LogP contribution in [0.15, 0.2) is 69.8 Å². The highest BCUT2D eigenvalue weighted by molar-refractivity contribution is 7.99. The largest absolute Gasteiger partial charge is 0.485 e. The zero-order valence-corrected chi connectivity index (χ0v) is 22.4. The summed E-state index contributed by atoms with van der Waals surface area (Å²) in [6.45, 7) is 2.37. The van der Waals surface area contributed by atoms with Gasteiger partial charge in [0.25, 0.3) is 5.56 Å². The second-order valence-corrected chi connectivity index (χ2v) is 10.9. The zero-order chi connectivity index (χ0) is 26.3. The smallest absolute Gasteiger partial charge is 0.262 e. The normalized spacial score (nSPS) is 18.1. The number of benzene rings is 2. The van der Waals surface area contributed by atoms with Gasteiger partial charge in [-0.25, -0.2) is 15.0 Å². The van der Waals surface area contributed by atoms with Crippen molar-refractivity contribution in [2.24, 2.45) is 5.73 Å². The molecule has 38 heavy (non-hydrogen) atoms. The molecule has 2 aromatic heterocycles. The molecule has 9 nitrogen and oxygen atoms in total. The lowest BCUT2D eigenvalue weighted by molar-refractivity contribution is 0.0431. The van der Waals surface area contributed by atoms with E-state index in [1.807, 2.05) is 24.3 Å². The van der Waals surface area contributed by atoms with Crippen LogP contribution in [0.5, 0.6) is 5.75 Å².